The summed E-state index contributed by atoms with van der Waals surface area (Å²) >= 11 is 6.11. The SMILES string of the molecule is O=C(c1cnn2c1OCCC2)N1CCCC(Oc2ccncc2Cl)C1. The van der Waals surface area contributed by atoms with E-state index in [4.69, 9.17) is 21.1 Å². The van der Waals surface area contributed by atoms with Crippen LogP contribution in [0.15, 0.2) is 24.7 Å². The highest BCUT2D eigenvalue weighted by atomic mass is 35.5. The van der Waals surface area contributed by atoms with Gasteiger partial charge in [-0.05, 0) is 12.8 Å². The van der Waals surface area contributed by atoms with Gasteiger partial charge in [0.2, 0.25) is 5.88 Å². The molecule has 2 aromatic heterocycles. The number of piperidine rings is 1. The van der Waals surface area contributed by atoms with Crippen LogP contribution in [0.25, 0.3) is 0 Å². The summed E-state index contributed by atoms with van der Waals surface area (Å²) in [6.07, 6.45) is 7.38. The molecule has 1 amide bonds. The summed E-state index contributed by atoms with van der Waals surface area (Å²) in [6.45, 7) is 2.63. The van der Waals surface area contributed by atoms with Gasteiger partial charge in [0.25, 0.3) is 5.91 Å². The molecule has 4 rings (SSSR count). The average Bonchev–Trinajstić information content (AvgIpc) is 3.07. The van der Waals surface area contributed by atoms with Crippen molar-refractivity contribution in [3.63, 3.8) is 0 Å². The summed E-state index contributed by atoms with van der Waals surface area (Å²) in [6, 6.07) is 1.74. The second kappa shape index (κ2) is 6.92. The Balaban J connectivity index is 1.47. The van der Waals surface area contributed by atoms with Gasteiger partial charge in [-0.3, -0.25) is 9.78 Å². The number of carbonyl (C=O) groups is 1. The lowest BCUT2D eigenvalue weighted by Crippen LogP contribution is -2.44. The molecular formula is C17H19ClN4O3. The van der Waals surface area contributed by atoms with Crippen LogP contribution in [-0.4, -0.2) is 51.4 Å². The van der Waals surface area contributed by atoms with E-state index in [1.54, 1.807) is 34.2 Å². The van der Waals surface area contributed by atoms with Crippen LogP contribution < -0.4 is 9.47 Å². The van der Waals surface area contributed by atoms with Crippen LogP contribution in [0.1, 0.15) is 29.6 Å². The maximum atomic E-state index is 12.9. The Labute approximate surface area is 150 Å². The summed E-state index contributed by atoms with van der Waals surface area (Å²) in [5, 5.41) is 4.74. The first-order valence-corrected chi connectivity index (χ1v) is 8.84. The molecule has 1 fully saturated rings. The van der Waals surface area contributed by atoms with Crippen molar-refractivity contribution in [3.05, 3.63) is 35.2 Å². The fourth-order valence-corrected chi connectivity index (χ4v) is 3.41. The van der Waals surface area contributed by atoms with Crippen LogP contribution >= 0.6 is 11.6 Å². The number of halogens is 1. The second-order valence-corrected chi connectivity index (χ2v) is 6.64. The quantitative estimate of drug-likeness (QED) is 0.838. The lowest BCUT2D eigenvalue weighted by molar-refractivity contribution is 0.0532. The molecular weight excluding hydrogens is 344 g/mol. The molecule has 1 saturated heterocycles. The summed E-state index contributed by atoms with van der Waals surface area (Å²) in [4.78, 5) is 18.7. The maximum absolute atomic E-state index is 12.9. The molecule has 1 unspecified atom stereocenters. The van der Waals surface area contributed by atoms with Crippen molar-refractivity contribution in [1.29, 1.82) is 0 Å². The van der Waals surface area contributed by atoms with Gasteiger partial charge >= 0.3 is 0 Å². The molecule has 132 valence electrons. The molecule has 1 atom stereocenters. The van der Waals surface area contributed by atoms with Gasteiger partial charge in [-0.2, -0.15) is 5.10 Å². The van der Waals surface area contributed by atoms with Gasteiger partial charge in [-0.1, -0.05) is 11.6 Å². The first-order chi connectivity index (χ1) is 12.2. The van der Waals surface area contributed by atoms with Gasteiger partial charge in [0.05, 0.1) is 19.3 Å². The van der Waals surface area contributed by atoms with Crippen molar-refractivity contribution < 1.29 is 14.3 Å². The Kier molecular flexibility index (Phi) is 4.48. The minimum Gasteiger partial charge on any atom is -0.487 e. The van der Waals surface area contributed by atoms with E-state index in [-0.39, 0.29) is 12.0 Å². The van der Waals surface area contributed by atoms with Crippen molar-refractivity contribution in [2.45, 2.75) is 31.9 Å². The van der Waals surface area contributed by atoms with Crippen LogP contribution in [0.2, 0.25) is 5.02 Å². The molecule has 2 aromatic rings. The number of hydrogen-bond acceptors (Lipinski definition) is 5. The smallest absolute Gasteiger partial charge is 0.261 e. The number of hydrogen-bond donors (Lipinski definition) is 0. The Morgan fingerprint density at radius 3 is 3.12 bits per heavy atom. The van der Waals surface area contributed by atoms with E-state index in [2.05, 4.69) is 10.1 Å². The number of rotatable bonds is 3. The third kappa shape index (κ3) is 3.28. The highest BCUT2D eigenvalue weighted by molar-refractivity contribution is 6.31. The summed E-state index contributed by atoms with van der Waals surface area (Å²) in [5.74, 6) is 1.12. The van der Waals surface area contributed by atoms with Crippen LogP contribution in [0.4, 0.5) is 0 Å². The first kappa shape index (κ1) is 16.2. The largest absolute Gasteiger partial charge is 0.487 e. The highest BCUT2D eigenvalue weighted by Gasteiger charge is 2.30. The van der Waals surface area contributed by atoms with Crippen LogP contribution in [0, 0.1) is 0 Å². The van der Waals surface area contributed by atoms with Crippen molar-refractivity contribution in [3.8, 4) is 11.6 Å². The topological polar surface area (TPSA) is 69.5 Å². The van der Waals surface area contributed by atoms with Crippen molar-refractivity contribution in [2.75, 3.05) is 19.7 Å². The van der Waals surface area contributed by atoms with Crippen LogP contribution in [0.3, 0.4) is 0 Å². The summed E-state index contributed by atoms with van der Waals surface area (Å²) in [7, 11) is 0. The van der Waals surface area contributed by atoms with Crippen LogP contribution in [0.5, 0.6) is 11.6 Å². The number of carbonyl (C=O) groups excluding carboxylic acids is 1. The van der Waals surface area contributed by atoms with Gasteiger partial charge in [0.1, 0.15) is 22.4 Å². The number of likely N-dealkylation sites (tertiary alicyclic amines) is 1. The van der Waals surface area contributed by atoms with Crippen molar-refractivity contribution in [1.82, 2.24) is 19.7 Å². The Morgan fingerprint density at radius 1 is 1.32 bits per heavy atom. The number of amides is 1. The van der Waals surface area contributed by atoms with Crippen molar-refractivity contribution in [2.24, 2.45) is 0 Å². The number of pyridine rings is 1. The fourth-order valence-electron chi connectivity index (χ4n) is 3.24. The zero-order valence-corrected chi connectivity index (χ0v) is 14.5. The Hall–Kier alpha value is -2.28. The van der Waals surface area contributed by atoms with E-state index in [1.807, 2.05) is 0 Å². The predicted molar refractivity (Wildman–Crippen MR) is 91.1 cm³/mol. The molecule has 25 heavy (non-hydrogen) atoms. The van der Waals surface area contributed by atoms with Gasteiger partial charge < -0.3 is 14.4 Å². The molecule has 2 aliphatic heterocycles. The van der Waals surface area contributed by atoms with Crippen LogP contribution in [-0.2, 0) is 6.54 Å². The number of fused-ring (bicyclic) bond motifs is 1. The van der Waals surface area contributed by atoms with E-state index in [9.17, 15) is 4.79 Å². The Morgan fingerprint density at radius 2 is 2.24 bits per heavy atom. The highest BCUT2D eigenvalue weighted by Crippen LogP contribution is 2.28. The molecule has 2 aliphatic rings. The molecule has 0 aromatic carbocycles. The third-order valence-electron chi connectivity index (χ3n) is 4.47. The zero-order valence-electron chi connectivity index (χ0n) is 13.7. The lowest BCUT2D eigenvalue weighted by Gasteiger charge is -2.33. The molecule has 7 nitrogen and oxygen atoms in total. The van der Waals surface area contributed by atoms with E-state index < -0.39 is 0 Å². The standard InChI is InChI=1S/C17H19ClN4O3/c18-14-10-19-5-4-15(14)25-12-3-1-6-21(11-12)16(23)13-9-20-22-7-2-8-24-17(13)22/h4-5,9-10,12H,1-3,6-8,11H2. The number of aromatic nitrogens is 3. The molecule has 0 saturated carbocycles. The number of ether oxygens (including phenoxy) is 2. The van der Waals surface area contributed by atoms with E-state index in [0.29, 0.717) is 41.9 Å². The monoisotopic (exact) mass is 362 g/mol. The van der Waals surface area contributed by atoms with Gasteiger partial charge in [0, 0.05) is 38.0 Å². The van der Waals surface area contributed by atoms with E-state index in [0.717, 1.165) is 25.8 Å². The fraction of sp³-hybridized carbons (Fsp3) is 0.471. The average molecular weight is 363 g/mol. The lowest BCUT2D eigenvalue weighted by atomic mass is 10.1. The Bertz CT molecular complexity index is 779. The minimum absolute atomic E-state index is 0.0581. The molecule has 0 N–H and O–H groups in total. The summed E-state index contributed by atoms with van der Waals surface area (Å²) < 4.78 is 13.4. The van der Waals surface area contributed by atoms with E-state index in [1.165, 1.54) is 0 Å². The first-order valence-electron chi connectivity index (χ1n) is 8.46. The van der Waals surface area contributed by atoms with Gasteiger partial charge in [0.15, 0.2) is 0 Å². The molecule has 0 radical (unpaired) electrons. The zero-order chi connectivity index (χ0) is 17.2. The van der Waals surface area contributed by atoms with Gasteiger partial charge in [-0.15, -0.1) is 0 Å². The molecule has 0 spiro atoms. The number of nitrogens with zero attached hydrogens (tertiary/aromatic N) is 4. The molecule has 0 aliphatic carbocycles. The molecule has 8 heteroatoms. The predicted octanol–water partition coefficient (Wildman–Crippen LogP) is 2.40. The third-order valence-corrected chi connectivity index (χ3v) is 4.75. The maximum Gasteiger partial charge on any atom is 0.261 e. The number of aryl methyl sites for hydroxylation is 1. The summed E-state index contributed by atoms with van der Waals surface area (Å²) in [5.41, 5.74) is 0.530. The molecule has 4 heterocycles. The normalized spacial score (nSPS) is 19.9. The molecule has 0 bridgehead atoms. The van der Waals surface area contributed by atoms with E-state index >= 15 is 0 Å². The second-order valence-electron chi connectivity index (χ2n) is 6.23. The van der Waals surface area contributed by atoms with Gasteiger partial charge in [-0.25, -0.2) is 4.68 Å². The van der Waals surface area contributed by atoms with Crippen molar-refractivity contribution >= 4 is 17.5 Å². The minimum atomic E-state index is -0.0927.